The van der Waals surface area contributed by atoms with Crippen LogP contribution >= 0.6 is 0 Å². The third kappa shape index (κ3) is 4.99. The van der Waals surface area contributed by atoms with Crippen LogP contribution in [0.5, 0.6) is 0 Å². The highest BCUT2D eigenvalue weighted by atomic mass is 16.3. The van der Waals surface area contributed by atoms with Crippen molar-refractivity contribution in [2.75, 3.05) is 0 Å². The van der Waals surface area contributed by atoms with Gasteiger partial charge in [-0.2, -0.15) is 0 Å². The number of benzene rings is 9. The van der Waals surface area contributed by atoms with Crippen LogP contribution in [0.4, 0.5) is 0 Å². The molecule has 11 rings (SSSR count). The number of hydrogen-bond donors (Lipinski definition) is 0. The minimum absolute atomic E-state index is 0.779. The molecule has 0 saturated carbocycles. The molecule has 0 N–H and O–H groups in total. The van der Waals surface area contributed by atoms with Crippen LogP contribution in [-0.2, 0) is 0 Å². The smallest absolute Gasteiger partial charge is 0.136 e. The number of rotatable bonds is 4. The van der Waals surface area contributed by atoms with Crippen molar-refractivity contribution in [3.63, 3.8) is 0 Å². The maximum Gasteiger partial charge on any atom is 0.136 e. The molecule has 1 aliphatic rings. The fraction of sp³-hybridized carbons (Fsp3) is 0.0192. The van der Waals surface area contributed by atoms with Gasteiger partial charge in [0, 0.05) is 21.9 Å². The van der Waals surface area contributed by atoms with Gasteiger partial charge < -0.3 is 4.42 Å². The van der Waals surface area contributed by atoms with Crippen LogP contribution in [0, 0.1) is 0 Å². The average Bonchev–Trinajstić information content (AvgIpc) is 3.47. The predicted molar refractivity (Wildman–Crippen MR) is 229 cm³/mol. The molecule has 0 fully saturated rings. The molecule has 0 amide bonds. The zero-order valence-electron chi connectivity index (χ0n) is 29.5. The van der Waals surface area contributed by atoms with Crippen LogP contribution in [0.1, 0.15) is 23.1 Å². The van der Waals surface area contributed by atoms with E-state index in [4.69, 9.17) is 9.41 Å². The lowest BCUT2D eigenvalue weighted by molar-refractivity contribution is 0.669. The first-order chi connectivity index (χ1) is 26.7. The molecule has 0 bridgehead atoms. The Labute approximate surface area is 312 Å². The number of hydrogen-bond acceptors (Lipinski definition) is 2. The van der Waals surface area contributed by atoms with E-state index in [-0.39, 0.29) is 0 Å². The van der Waals surface area contributed by atoms with Gasteiger partial charge in [0.05, 0.1) is 11.4 Å². The fourth-order valence-corrected chi connectivity index (χ4v) is 8.47. The van der Waals surface area contributed by atoms with Gasteiger partial charge in [-0.25, -0.2) is 4.99 Å². The van der Waals surface area contributed by atoms with Crippen molar-refractivity contribution in [2.45, 2.75) is 6.42 Å². The van der Waals surface area contributed by atoms with Crippen molar-refractivity contribution in [2.24, 2.45) is 4.99 Å². The Balaban J connectivity index is 1.07. The molecule has 2 heteroatoms. The highest BCUT2D eigenvalue weighted by Crippen LogP contribution is 2.40. The summed E-state index contributed by atoms with van der Waals surface area (Å²) in [4.78, 5) is 5.44. The molecule has 0 saturated heterocycles. The molecular weight excluding hydrogens is 655 g/mol. The van der Waals surface area contributed by atoms with E-state index in [9.17, 15) is 0 Å². The quantitative estimate of drug-likeness (QED) is 0.169. The van der Waals surface area contributed by atoms with Crippen LogP contribution in [0.15, 0.2) is 197 Å². The van der Waals surface area contributed by atoms with Gasteiger partial charge in [-0.1, -0.05) is 152 Å². The largest absolute Gasteiger partial charge is 0.456 e. The molecule has 1 aromatic heterocycles. The summed E-state index contributed by atoms with van der Waals surface area (Å²) in [6.07, 6.45) is 5.32. The van der Waals surface area contributed by atoms with Crippen LogP contribution in [0.3, 0.4) is 0 Å². The standard InChI is InChI=1S/C52H33NO/c1-2-11-33(12-3-1)37-25-28-48(39-22-21-34-13-4-5-14-35(34)29-39)53-49(31-37)45-19-10-20-50-52(45)46-27-24-38(32-51(46)54-50)36-23-26-44-42-17-7-6-15-40(42)41-16-8-9-18-43(41)47(44)30-36/h1-24,26-32H,25H2. The van der Waals surface area contributed by atoms with Gasteiger partial charge in [-0.3, -0.25) is 0 Å². The number of allylic oxidation sites excluding steroid dienone is 3. The SMILES string of the molecule is C1=C(c2ccccc2)CC=C(c2ccc3ccccc3c2)N=C1c1cccc2oc3cc(-c4ccc5c6ccccc6c6ccccc6c5c4)ccc3c12. The summed E-state index contributed by atoms with van der Waals surface area (Å²) in [6, 6.07) is 63.1. The van der Waals surface area contributed by atoms with Crippen molar-refractivity contribution >= 4 is 82.0 Å². The topological polar surface area (TPSA) is 25.5 Å². The van der Waals surface area contributed by atoms with E-state index in [0.717, 1.165) is 56.5 Å². The first kappa shape index (κ1) is 30.6. The molecule has 0 atom stereocenters. The summed E-state index contributed by atoms with van der Waals surface area (Å²) in [6.45, 7) is 0. The maximum absolute atomic E-state index is 6.67. The van der Waals surface area contributed by atoms with Gasteiger partial charge in [-0.15, -0.1) is 0 Å². The molecule has 0 aliphatic carbocycles. The maximum atomic E-state index is 6.67. The molecule has 2 nitrogen and oxygen atoms in total. The Bertz CT molecular complexity index is 3200. The molecule has 54 heavy (non-hydrogen) atoms. The first-order valence-electron chi connectivity index (χ1n) is 18.6. The van der Waals surface area contributed by atoms with Gasteiger partial charge >= 0.3 is 0 Å². The second kappa shape index (κ2) is 12.3. The van der Waals surface area contributed by atoms with Crippen molar-refractivity contribution in [1.29, 1.82) is 0 Å². The summed E-state index contributed by atoms with van der Waals surface area (Å²) in [7, 11) is 0. The molecule has 0 spiro atoms. The monoisotopic (exact) mass is 687 g/mol. The van der Waals surface area contributed by atoms with E-state index in [0.29, 0.717) is 0 Å². The minimum Gasteiger partial charge on any atom is -0.456 e. The molecule has 10 aromatic rings. The Morgan fingerprint density at radius 2 is 1.04 bits per heavy atom. The molecule has 0 radical (unpaired) electrons. The highest BCUT2D eigenvalue weighted by molar-refractivity contribution is 6.27. The number of nitrogens with zero attached hydrogens (tertiary/aromatic N) is 1. The third-order valence-corrected chi connectivity index (χ3v) is 11.1. The molecule has 9 aromatic carbocycles. The Hall–Kier alpha value is -7.03. The Morgan fingerprint density at radius 3 is 1.81 bits per heavy atom. The lowest BCUT2D eigenvalue weighted by Gasteiger charge is -2.12. The van der Waals surface area contributed by atoms with Crippen LogP contribution in [0.2, 0.25) is 0 Å². The van der Waals surface area contributed by atoms with Gasteiger partial charge in [-0.05, 0) is 108 Å². The van der Waals surface area contributed by atoms with Crippen LogP contribution < -0.4 is 0 Å². The molecule has 1 aliphatic heterocycles. The zero-order chi connectivity index (χ0) is 35.6. The van der Waals surface area contributed by atoms with E-state index in [1.165, 1.54) is 59.8 Å². The highest BCUT2D eigenvalue weighted by Gasteiger charge is 2.19. The van der Waals surface area contributed by atoms with Gasteiger partial charge in [0.2, 0.25) is 0 Å². The molecule has 0 unspecified atom stereocenters. The summed E-state index contributed by atoms with van der Waals surface area (Å²) in [5, 5.41) is 12.2. The van der Waals surface area contributed by atoms with E-state index < -0.39 is 0 Å². The predicted octanol–water partition coefficient (Wildman–Crippen LogP) is 14.2. The third-order valence-electron chi connectivity index (χ3n) is 11.1. The van der Waals surface area contributed by atoms with Crippen molar-refractivity contribution in [3.8, 4) is 11.1 Å². The summed E-state index contributed by atoms with van der Waals surface area (Å²) >= 11 is 0. The second-order valence-corrected chi connectivity index (χ2v) is 14.2. The zero-order valence-corrected chi connectivity index (χ0v) is 29.5. The average molecular weight is 688 g/mol. The van der Waals surface area contributed by atoms with E-state index in [2.05, 4.69) is 188 Å². The first-order valence-corrected chi connectivity index (χ1v) is 18.6. The van der Waals surface area contributed by atoms with E-state index >= 15 is 0 Å². The van der Waals surface area contributed by atoms with E-state index in [1.54, 1.807) is 0 Å². The van der Waals surface area contributed by atoms with Gasteiger partial charge in [0.25, 0.3) is 0 Å². The summed E-state index contributed by atoms with van der Waals surface area (Å²) in [5.41, 5.74) is 10.5. The lowest BCUT2D eigenvalue weighted by Crippen LogP contribution is -1.99. The second-order valence-electron chi connectivity index (χ2n) is 14.2. The normalized spacial score (nSPS) is 13.4. The summed E-state index contributed by atoms with van der Waals surface area (Å²) < 4.78 is 6.67. The lowest BCUT2D eigenvalue weighted by atomic mass is 9.92. The Morgan fingerprint density at radius 1 is 0.407 bits per heavy atom. The van der Waals surface area contributed by atoms with Gasteiger partial charge in [0.15, 0.2) is 0 Å². The Kier molecular flexibility index (Phi) is 6.96. The number of fused-ring (bicyclic) bond motifs is 10. The van der Waals surface area contributed by atoms with Crippen molar-refractivity contribution in [1.82, 2.24) is 0 Å². The van der Waals surface area contributed by atoms with Crippen LogP contribution in [-0.4, -0.2) is 5.71 Å². The van der Waals surface area contributed by atoms with E-state index in [1.807, 2.05) is 0 Å². The molecule has 2 heterocycles. The number of furan rings is 1. The molecule has 252 valence electrons. The molecular formula is C52H33NO. The fourth-order valence-electron chi connectivity index (χ4n) is 8.47. The number of aliphatic imine (C=N–C) groups is 1. The van der Waals surface area contributed by atoms with Crippen LogP contribution in [0.25, 0.3) is 87.4 Å². The van der Waals surface area contributed by atoms with Crippen molar-refractivity contribution in [3.05, 3.63) is 205 Å². The van der Waals surface area contributed by atoms with Gasteiger partial charge in [0.1, 0.15) is 11.2 Å². The summed E-state index contributed by atoms with van der Waals surface area (Å²) in [5.74, 6) is 0. The van der Waals surface area contributed by atoms with Crippen molar-refractivity contribution < 1.29 is 4.42 Å². The minimum atomic E-state index is 0.779.